The van der Waals surface area contributed by atoms with Crippen molar-refractivity contribution in [2.24, 2.45) is 11.1 Å². The van der Waals surface area contributed by atoms with Crippen LogP contribution < -0.4 is 5.73 Å². The molecule has 1 saturated heterocycles. The molecule has 30 heavy (non-hydrogen) atoms. The van der Waals surface area contributed by atoms with Gasteiger partial charge in [-0.3, -0.25) is 14.7 Å². The van der Waals surface area contributed by atoms with Crippen molar-refractivity contribution in [3.63, 3.8) is 0 Å². The number of aromatic nitrogens is 2. The first-order valence-electron chi connectivity index (χ1n) is 10.2. The summed E-state index contributed by atoms with van der Waals surface area (Å²) in [5.74, 6) is -0.254. The van der Waals surface area contributed by atoms with Crippen LogP contribution in [-0.4, -0.2) is 40.0 Å². The van der Waals surface area contributed by atoms with Crippen molar-refractivity contribution in [2.75, 3.05) is 13.1 Å². The van der Waals surface area contributed by atoms with E-state index in [0.29, 0.717) is 31.6 Å². The van der Waals surface area contributed by atoms with E-state index in [1.54, 1.807) is 22.3 Å². The molecule has 0 bridgehead atoms. The van der Waals surface area contributed by atoms with Crippen LogP contribution in [0.2, 0.25) is 0 Å². The molecule has 3 aromatic rings. The number of benzene rings is 1. The van der Waals surface area contributed by atoms with Crippen molar-refractivity contribution in [3.8, 4) is 10.4 Å². The van der Waals surface area contributed by atoms with Crippen LogP contribution >= 0.6 is 11.3 Å². The van der Waals surface area contributed by atoms with Crippen LogP contribution in [0, 0.1) is 5.41 Å². The average molecular weight is 423 g/mol. The van der Waals surface area contributed by atoms with E-state index in [0.717, 1.165) is 16.8 Å². The van der Waals surface area contributed by atoms with Gasteiger partial charge in [0.25, 0.3) is 5.91 Å². The molecule has 1 aromatic carbocycles. The first-order valence-corrected chi connectivity index (χ1v) is 11.0. The molecule has 0 radical (unpaired) electrons. The quantitative estimate of drug-likeness (QED) is 0.632. The van der Waals surface area contributed by atoms with Crippen molar-refractivity contribution in [1.82, 2.24) is 15.1 Å². The number of carbonyl (C=O) groups excluding carboxylic acids is 2. The fraction of sp³-hybridized carbons (Fsp3) is 0.348. The van der Waals surface area contributed by atoms with E-state index in [2.05, 4.69) is 28.4 Å². The standard InChI is InChI=1S/C23H26N4O2S/c1-15(2)18-12-19(26-25-18)21(28)27-9-8-23(14-27,22(24)29)13-16-5-3-6-17(11-16)20-7-4-10-30-20/h3-7,10-12,15H,8-9,13-14H2,1-2H3,(H2,24,29)(H,25,26). The largest absolute Gasteiger partial charge is 0.369 e. The number of nitrogens with two attached hydrogens (primary N) is 1. The highest BCUT2D eigenvalue weighted by Crippen LogP contribution is 2.36. The van der Waals surface area contributed by atoms with Crippen LogP contribution in [0.15, 0.2) is 47.8 Å². The summed E-state index contributed by atoms with van der Waals surface area (Å²) < 4.78 is 0. The van der Waals surface area contributed by atoms with Gasteiger partial charge in [-0.1, -0.05) is 44.2 Å². The van der Waals surface area contributed by atoms with E-state index in [1.165, 1.54) is 4.88 Å². The van der Waals surface area contributed by atoms with Crippen LogP contribution in [0.3, 0.4) is 0 Å². The van der Waals surface area contributed by atoms with Gasteiger partial charge in [0.05, 0.1) is 5.41 Å². The summed E-state index contributed by atoms with van der Waals surface area (Å²) in [6.07, 6.45) is 1.07. The van der Waals surface area contributed by atoms with Crippen molar-refractivity contribution in [1.29, 1.82) is 0 Å². The molecule has 1 aliphatic heterocycles. The summed E-state index contributed by atoms with van der Waals surface area (Å²) in [5.41, 5.74) is 8.59. The Balaban J connectivity index is 1.53. The first kappa shape index (κ1) is 20.3. The minimum atomic E-state index is -0.763. The van der Waals surface area contributed by atoms with Gasteiger partial charge in [-0.25, -0.2) is 0 Å². The molecule has 1 fully saturated rings. The number of nitrogens with one attached hydrogen (secondary N) is 1. The number of amides is 2. The number of hydrogen-bond acceptors (Lipinski definition) is 4. The lowest BCUT2D eigenvalue weighted by Crippen LogP contribution is -2.42. The van der Waals surface area contributed by atoms with Crippen molar-refractivity contribution in [2.45, 2.75) is 32.6 Å². The van der Waals surface area contributed by atoms with Gasteiger partial charge in [0.1, 0.15) is 5.69 Å². The molecule has 7 heteroatoms. The Morgan fingerprint density at radius 3 is 2.77 bits per heavy atom. The van der Waals surface area contributed by atoms with Gasteiger partial charge < -0.3 is 10.6 Å². The zero-order valence-electron chi connectivity index (χ0n) is 17.2. The lowest BCUT2D eigenvalue weighted by molar-refractivity contribution is -0.126. The van der Waals surface area contributed by atoms with Gasteiger partial charge in [-0.2, -0.15) is 5.10 Å². The Kier molecular flexibility index (Phi) is 5.47. The number of hydrogen-bond donors (Lipinski definition) is 2. The highest BCUT2D eigenvalue weighted by atomic mass is 32.1. The topological polar surface area (TPSA) is 92.1 Å². The molecule has 3 N–H and O–H groups in total. The smallest absolute Gasteiger partial charge is 0.274 e. The molecule has 2 amide bonds. The Morgan fingerprint density at radius 1 is 1.27 bits per heavy atom. The van der Waals surface area contributed by atoms with E-state index in [-0.39, 0.29) is 17.7 Å². The van der Waals surface area contributed by atoms with Gasteiger partial charge in [0, 0.05) is 23.7 Å². The zero-order chi connectivity index (χ0) is 21.3. The van der Waals surface area contributed by atoms with Crippen LogP contribution in [0.4, 0.5) is 0 Å². The highest BCUT2D eigenvalue weighted by molar-refractivity contribution is 7.13. The molecule has 156 valence electrons. The predicted octanol–water partition coefficient (Wildman–Crippen LogP) is 3.82. The molecule has 0 aliphatic carbocycles. The van der Waals surface area contributed by atoms with Crippen LogP contribution in [0.5, 0.6) is 0 Å². The molecule has 1 aliphatic rings. The van der Waals surface area contributed by atoms with Crippen LogP contribution in [-0.2, 0) is 11.2 Å². The normalized spacial score (nSPS) is 18.8. The number of thiophene rings is 1. The third kappa shape index (κ3) is 3.89. The second-order valence-electron chi connectivity index (χ2n) is 8.34. The molecule has 1 unspecified atom stereocenters. The summed E-state index contributed by atoms with van der Waals surface area (Å²) in [7, 11) is 0. The van der Waals surface area contributed by atoms with E-state index in [4.69, 9.17) is 5.73 Å². The Bertz CT molecular complexity index is 1060. The van der Waals surface area contributed by atoms with Crippen molar-refractivity contribution >= 4 is 23.2 Å². The summed E-state index contributed by atoms with van der Waals surface area (Å²) in [6.45, 7) is 4.89. The van der Waals surface area contributed by atoms with E-state index >= 15 is 0 Å². The SMILES string of the molecule is CC(C)c1cc(C(=O)N2CCC(Cc3cccc(-c4cccs4)c3)(C(N)=O)C2)n[nH]1. The summed E-state index contributed by atoms with van der Waals surface area (Å²) in [4.78, 5) is 28.3. The predicted molar refractivity (Wildman–Crippen MR) is 118 cm³/mol. The number of rotatable bonds is 6. The molecule has 6 nitrogen and oxygen atoms in total. The Morgan fingerprint density at radius 2 is 2.10 bits per heavy atom. The molecule has 1 atom stereocenters. The third-order valence-corrected chi connectivity index (χ3v) is 6.80. The number of carbonyl (C=O) groups is 2. The lowest BCUT2D eigenvalue weighted by atomic mass is 9.80. The number of aromatic amines is 1. The van der Waals surface area contributed by atoms with Crippen LogP contribution in [0.1, 0.15) is 47.9 Å². The average Bonchev–Trinajstić information content (AvgIpc) is 3.48. The summed E-state index contributed by atoms with van der Waals surface area (Å²) in [5, 5.41) is 9.14. The second-order valence-corrected chi connectivity index (χ2v) is 9.29. The van der Waals surface area contributed by atoms with Crippen molar-refractivity contribution < 1.29 is 9.59 Å². The zero-order valence-corrected chi connectivity index (χ0v) is 18.0. The van der Waals surface area contributed by atoms with Gasteiger partial charge >= 0.3 is 0 Å². The number of likely N-dealkylation sites (tertiary alicyclic amines) is 1. The fourth-order valence-corrected chi connectivity index (χ4v) is 4.77. The number of nitrogens with zero attached hydrogens (tertiary/aromatic N) is 2. The summed E-state index contributed by atoms with van der Waals surface area (Å²) >= 11 is 1.68. The van der Waals surface area contributed by atoms with E-state index < -0.39 is 5.41 Å². The van der Waals surface area contributed by atoms with Gasteiger partial charge in [-0.05, 0) is 47.4 Å². The minimum absolute atomic E-state index is 0.159. The molecule has 0 saturated carbocycles. The second kappa shape index (κ2) is 8.07. The Labute approximate surface area is 180 Å². The molecule has 4 rings (SSSR count). The third-order valence-electron chi connectivity index (χ3n) is 5.88. The maximum atomic E-state index is 12.9. The first-order chi connectivity index (χ1) is 14.4. The van der Waals surface area contributed by atoms with Gasteiger partial charge in [0.15, 0.2) is 0 Å². The lowest BCUT2D eigenvalue weighted by Gasteiger charge is -2.26. The number of H-pyrrole nitrogens is 1. The monoisotopic (exact) mass is 422 g/mol. The molecular weight excluding hydrogens is 396 g/mol. The van der Waals surface area contributed by atoms with Crippen molar-refractivity contribution in [3.05, 3.63) is 64.8 Å². The summed E-state index contributed by atoms with van der Waals surface area (Å²) in [6, 6.07) is 14.1. The van der Waals surface area contributed by atoms with Gasteiger partial charge in [-0.15, -0.1) is 11.3 Å². The molecule has 2 aromatic heterocycles. The Hall–Kier alpha value is -2.93. The maximum Gasteiger partial charge on any atom is 0.274 e. The minimum Gasteiger partial charge on any atom is -0.369 e. The molecule has 0 spiro atoms. The molecular formula is C23H26N4O2S. The maximum absolute atomic E-state index is 12.9. The van der Waals surface area contributed by atoms with E-state index in [9.17, 15) is 9.59 Å². The highest BCUT2D eigenvalue weighted by Gasteiger charge is 2.45. The van der Waals surface area contributed by atoms with E-state index in [1.807, 2.05) is 37.4 Å². The fourth-order valence-electron chi connectivity index (χ4n) is 4.05. The van der Waals surface area contributed by atoms with Gasteiger partial charge in [0.2, 0.25) is 5.91 Å². The molecule has 3 heterocycles. The van der Waals surface area contributed by atoms with Crippen LogP contribution in [0.25, 0.3) is 10.4 Å². The number of primary amides is 1.